The quantitative estimate of drug-likeness (QED) is 0.409. The molecule has 0 spiro atoms. The fourth-order valence-electron chi connectivity index (χ4n) is 4.41. The molecular weight excluding hydrogens is 375 g/mol. The summed E-state index contributed by atoms with van der Waals surface area (Å²) in [6, 6.07) is 4.39. The van der Waals surface area contributed by atoms with Gasteiger partial charge in [-0.05, 0) is 77.5 Å². The topological polar surface area (TPSA) is 34.0 Å². The maximum absolute atomic E-state index is 12.8. The van der Waals surface area contributed by atoms with Crippen molar-refractivity contribution in [1.29, 1.82) is 0 Å². The van der Waals surface area contributed by atoms with Gasteiger partial charge in [-0.2, -0.15) is 0 Å². The van der Waals surface area contributed by atoms with Crippen molar-refractivity contribution in [3.63, 3.8) is 0 Å². The van der Waals surface area contributed by atoms with E-state index in [-0.39, 0.29) is 13.6 Å². The van der Waals surface area contributed by atoms with Gasteiger partial charge < -0.3 is 4.90 Å². The number of anilines is 1. The van der Waals surface area contributed by atoms with Crippen LogP contribution in [0, 0.1) is 41.5 Å². The zero-order valence-corrected chi connectivity index (χ0v) is 19.1. The molecule has 2 heterocycles. The normalized spacial score (nSPS) is 13.4. The van der Waals surface area contributed by atoms with Crippen LogP contribution in [0.1, 0.15) is 62.7 Å². The summed E-state index contributed by atoms with van der Waals surface area (Å²) in [7, 11) is 0. The van der Waals surface area contributed by atoms with Crippen LogP contribution in [0.4, 0.5) is 10.2 Å². The van der Waals surface area contributed by atoms with Gasteiger partial charge in [0.2, 0.25) is 0 Å². The highest BCUT2D eigenvalue weighted by molar-refractivity contribution is 5.94. The van der Waals surface area contributed by atoms with E-state index in [9.17, 15) is 4.39 Å². The summed E-state index contributed by atoms with van der Waals surface area (Å²) in [5, 5.41) is 0.977. The van der Waals surface area contributed by atoms with E-state index in [4.69, 9.17) is 12.7 Å². The summed E-state index contributed by atoms with van der Waals surface area (Å²) < 4.78 is 30.9. The lowest BCUT2D eigenvalue weighted by Crippen LogP contribution is -2.27. The Morgan fingerprint density at radius 3 is 2.37 bits per heavy atom. The maximum atomic E-state index is 12.8. The van der Waals surface area contributed by atoms with Gasteiger partial charge in [-0.3, -0.25) is 8.96 Å². The number of nitrogens with zero attached hydrogens (tertiary/aromatic N) is 4. The molecule has 0 aliphatic heterocycles. The number of unbranched alkanes of at least 4 members (excludes halogenated alkanes) is 1. The molecule has 0 fully saturated rings. The fourth-order valence-corrected chi connectivity index (χ4v) is 4.41. The highest BCUT2D eigenvalue weighted by Crippen LogP contribution is 2.35. The summed E-state index contributed by atoms with van der Waals surface area (Å²) in [6.07, 6.45) is 0.616. The van der Waals surface area contributed by atoms with Crippen LogP contribution in [0.2, 0.25) is 0 Å². The predicted octanol–water partition coefficient (Wildman–Crippen LogP) is 6.24. The monoisotopic (exact) mass is 414 g/mol. The number of alkyl halides is 1. The smallest absolute Gasteiger partial charge is 0.150 e. The van der Waals surface area contributed by atoms with Gasteiger partial charge in [0, 0.05) is 21.5 Å². The average molecular weight is 415 g/mol. The molecule has 0 saturated heterocycles. The SMILES string of the molecule is [3H]CC([3H])CN(CCCCF)c1nc(C)nc2c1c(C)c(C)n2-c1c(C)cc(C)cc1C. The van der Waals surface area contributed by atoms with Crippen molar-refractivity contribution in [3.8, 4) is 5.69 Å². The van der Waals surface area contributed by atoms with E-state index in [2.05, 4.69) is 56.2 Å². The molecule has 0 aliphatic rings. The zero-order valence-electron chi connectivity index (χ0n) is 21.1. The first-order valence-electron chi connectivity index (χ1n) is 11.9. The Labute approximate surface area is 183 Å². The van der Waals surface area contributed by atoms with Crippen LogP contribution in [0.15, 0.2) is 12.1 Å². The Kier molecular flexibility index (Phi) is 5.96. The van der Waals surface area contributed by atoms with E-state index in [1.54, 1.807) is 0 Å². The molecule has 162 valence electrons. The first kappa shape index (κ1) is 19.5. The van der Waals surface area contributed by atoms with Crippen molar-refractivity contribution >= 4 is 16.9 Å². The van der Waals surface area contributed by atoms with Gasteiger partial charge in [0.05, 0.1) is 17.7 Å². The van der Waals surface area contributed by atoms with Gasteiger partial charge >= 0.3 is 0 Å². The lowest BCUT2D eigenvalue weighted by Gasteiger charge is -2.24. The molecule has 1 unspecified atom stereocenters. The second-order valence-electron chi connectivity index (χ2n) is 8.22. The summed E-state index contributed by atoms with van der Waals surface area (Å²) in [5.74, 6) is 1.45. The minimum absolute atomic E-state index is 0.0214. The fraction of sp³-hybridized carbons (Fsp3) is 0.520. The van der Waals surface area contributed by atoms with Crippen molar-refractivity contribution in [3.05, 3.63) is 45.9 Å². The van der Waals surface area contributed by atoms with Gasteiger partial charge in [0.15, 0.2) is 5.65 Å². The Morgan fingerprint density at radius 1 is 1.03 bits per heavy atom. The van der Waals surface area contributed by atoms with E-state index in [1.165, 1.54) is 16.7 Å². The standard InChI is InChI=1S/C25H35FN4/c1-8-12-29(13-10-9-11-26)24-22-19(5)20(6)30(25(22)28-21(7)27-24)23-17(3)14-16(2)15-18(23)4/h14-15H,8-13H2,1-7H3/i1T,8T. The highest BCUT2D eigenvalue weighted by atomic mass is 19.1. The number of rotatable bonds is 8. The number of aryl methyl sites for hydroxylation is 5. The lowest BCUT2D eigenvalue weighted by atomic mass is 10.0. The molecule has 30 heavy (non-hydrogen) atoms. The molecule has 1 aromatic carbocycles. The Bertz CT molecular complexity index is 1090. The van der Waals surface area contributed by atoms with Crippen molar-refractivity contribution in [1.82, 2.24) is 14.5 Å². The molecule has 2 aromatic heterocycles. The molecule has 0 bridgehead atoms. The van der Waals surface area contributed by atoms with Crippen LogP contribution in [0.5, 0.6) is 0 Å². The Morgan fingerprint density at radius 2 is 1.73 bits per heavy atom. The van der Waals surface area contributed by atoms with Crippen LogP contribution in [-0.4, -0.2) is 34.3 Å². The molecular formula is C25H35FN4. The van der Waals surface area contributed by atoms with Crippen LogP contribution >= 0.6 is 0 Å². The van der Waals surface area contributed by atoms with Gasteiger partial charge in [-0.25, -0.2) is 9.97 Å². The van der Waals surface area contributed by atoms with Gasteiger partial charge in [-0.1, -0.05) is 24.6 Å². The highest BCUT2D eigenvalue weighted by Gasteiger charge is 2.23. The third-order valence-electron chi connectivity index (χ3n) is 5.77. The largest absolute Gasteiger partial charge is 0.356 e. The van der Waals surface area contributed by atoms with Crippen LogP contribution in [0.25, 0.3) is 16.7 Å². The van der Waals surface area contributed by atoms with E-state index in [0.29, 0.717) is 31.8 Å². The number of halogens is 1. The maximum Gasteiger partial charge on any atom is 0.150 e. The Balaban J connectivity index is 2.27. The minimum atomic E-state index is -0.546. The van der Waals surface area contributed by atoms with Crippen molar-refractivity contribution in [2.75, 3.05) is 24.7 Å². The molecule has 3 aromatic rings. The van der Waals surface area contributed by atoms with Gasteiger partial charge in [0.25, 0.3) is 0 Å². The second-order valence-corrected chi connectivity index (χ2v) is 8.22. The molecule has 0 amide bonds. The molecule has 0 aliphatic carbocycles. The summed E-state index contributed by atoms with van der Waals surface area (Å²) in [5.41, 5.74) is 7.85. The first-order valence-corrected chi connectivity index (χ1v) is 10.7. The zero-order chi connectivity index (χ0) is 23.6. The number of benzene rings is 1. The number of hydrogen-bond donors (Lipinski definition) is 0. The van der Waals surface area contributed by atoms with Gasteiger partial charge in [0.1, 0.15) is 11.6 Å². The molecule has 3 rings (SSSR count). The number of fused-ring (bicyclic) bond motifs is 1. The van der Waals surface area contributed by atoms with Crippen molar-refractivity contribution in [2.24, 2.45) is 0 Å². The second kappa shape index (κ2) is 9.15. The van der Waals surface area contributed by atoms with E-state index < -0.39 is 6.40 Å². The Hall–Kier alpha value is -2.43. The molecule has 4 nitrogen and oxygen atoms in total. The van der Waals surface area contributed by atoms with E-state index in [1.807, 2.05) is 6.92 Å². The molecule has 0 radical (unpaired) electrons. The number of hydrogen-bond acceptors (Lipinski definition) is 3. The third kappa shape index (κ3) is 4.07. The number of aromatic nitrogens is 3. The minimum Gasteiger partial charge on any atom is -0.356 e. The van der Waals surface area contributed by atoms with E-state index >= 15 is 0 Å². The van der Waals surface area contributed by atoms with Crippen LogP contribution in [-0.2, 0) is 0 Å². The van der Waals surface area contributed by atoms with Crippen LogP contribution in [0.3, 0.4) is 0 Å². The van der Waals surface area contributed by atoms with E-state index in [0.717, 1.165) is 33.8 Å². The van der Waals surface area contributed by atoms with Crippen molar-refractivity contribution < 1.29 is 7.13 Å². The van der Waals surface area contributed by atoms with Crippen LogP contribution < -0.4 is 4.90 Å². The lowest BCUT2D eigenvalue weighted by molar-refractivity contribution is 0.461. The average Bonchev–Trinajstić information content (AvgIpc) is 2.96. The third-order valence-corrected chi connectivity index (χ3v) is 5.77. The first-order chi connectivity index (χ1) is 15.2. The molecule has 1 atom stereocenters. The summed E-state index contributed by atoms with van der Waals surface area (Å²) in [4.78, 5) is 11.7. The molecule has 0 saturated carbocycles. The summed E-state index contributed by atoms with van der Waals surface area (Å²) in [6.45, 7) is 13.1. The molecule has 5 heteroatoms. The van der Waals surface area contributed by atoms with Crippen molar-refractivity contribution in [2.45, 2.75) is 67.7 Å². The molecule has 0 N–H and O–H groups in total. The van der Waals surface area contributed by atoms with Gasteiger partial charge in [-0.15, -0.1) is 0 Å². The predicted molar refractivity (Wildman–Crippen MR) is 125 cm³/mol. The summed E-state index contributed by atoms with van der Waals surface area (Å²) >= 11 is 0.